The van der Waals surface area contributed by atoms with Crippen LogP contribution in [0.1, 0.15) is 5.56 Å². The van der Waals surface area contributed by atoms with Gasteiger partial charge in [-0.15, -0.1) is 0 Å². The van der Waals surface area contributed by atoms with Crippen molar-refractivity contribution in [2.45, 2.75) is 12.5 Å². The highest BCUT2D eigenvalue weighted by atomic mass is 16.5. The standard InChI is InChI=1S/C26H29N3O4/c1-33-24-12-5-4-11-23(24)28-13-15-29(16-14-28)26(32)22(18-30)27-25(31)17-20-9-6-8-19-7-2-3-10-21(19)20/h2-12,22,30H,13-18H2,1H3,(H,27,31). The van der Waals surface area contributed by atoms with Gasteiger partial charge in [0.05, 0.1) is 25.8 Å². The third kappa shape index (κ3) is 5.09. The van der Waals surface area contributed by atoms with Gasteiger partial charge in [-0.25, -0.2) is 0 Å². The molecule has 2 N–H and O–H groups in total. The smallest absolute Gasteiger partial charge is 0.247 e. The molecule has 1 saturated heterocycles. The number of amides is 2. The minimum Gasteiger partial charge on any atom is -0.495 e. The number of para-hydroxylation sites is 2. The van der Waals surface area contributed by atoms with Crippen molar-refractivity contribution >= 4 is 28.3 Å². The SMILES string of the molecule is COc1ccccc1N1CCN(C(=O)C(CO)NC(=O)Cc2cccc3ccccc23)CC1. The number of benzene rings is 3. The van der Waals surface area contributed by atoms with Crippen LogP contribution in [0.4, 0.5) is 5.69 Å². The molecule has 0 bridgehead atoms. The van der Waals surface area contributed by atoms with Gasteiger partial charge < -0.3 is 25.0 Å². The molecule has 2 amide bonds. The van der Waals surface area contributed by atoms with Crippen LogP contribution in [0.25, 0.3) is 10.8 Å². The lowest BCUT2D eigenvalue weighted by atomic mass is 10.0. The van der Waals surface area contributed by atoms with E-state index in [-0.39, 0.29) is 18.2 Å². The average molecular weight is 448 g/mol. The first-order valence-electron chi connectivity index (χ1n) is 11.1. The fourth-order valence-electron chi connectivity index (χ4n) is 4.33. The number of carbonyl (C=O) groups is 2. The maximum absolute atomic E-state index is 13.0. The topological polar surface area (TPSA) is 82.1 Å². The third-order valence-electron chi connectivity index (χ3n) is 6.06. The van der Waals surface area contributed by atoms with E-state index < -0.39 is 12.6 Å². The number of hydrogen-bond donors (Lipinski definition) is 2. The maximum atomic E-state index is 13.0. The van der Waals surface area contributed by atoms with Gasteiger partial charge in [0.1, 0.15) is 11.8 Å². The van der Waals surface area contributed by atoms with Crippen molar-refractivity contribution in [2.75, 3.05) is 44.8 Å². The van der Waals surface area contributed by atoms with Crippen molar-refractivity contribution in [1.82, 2.24) is 10.2 Å². The lowest BCUT2D eigenvalue weighted by molar-refractivity contribution is -0.137. The molecule has 3 aromatic carbocycles. The van der Waals surface area contributed by atoms with Crippen LogP contribution in [0.2, 0.25) is 0 Å². The summed E-state index contributed by atoms with van der Waals surface area (Å²) < 4.78 is 5.45. The number of rotatable bonds is 7. The summed E-state index contributed by atoms with van der Waals surface area (Å²) >= 11 is 0. The van der Waals surface area contributed by atoms with E-state index in [1.165, 1.54) is 0 Å². The van der Waals surface area contributed by atoms with Crippen LogP contribution in [0.5, 0.6) is 5.75 Å². The molecule has 0 spiro atoms. The summed E-state index contributed by atoms with van der Waals surface area (Å²) in [5.74, 6) is 0.251. The Morgan fingerprint density at radius 1 is 0.970 bits per heavy atom. The Morgan fingerprint density at radius 3 is 2.42 bits per heavy atom. The Balaban J connectivity index is 1.36. The molecule has 3 aromatic rings. The van der Waals surface area contributed by atoms with Crippen LogP contribution in [0.3, 0.4) is 0 Å². The molecule has 1 unspecified atom stereocenters. The normalized spacial score (nSPS) is 14.7. The number of nitrogens with zero attached hydrogens (tertiary/aromatic N) is 2. The van der Waals surface area contributed by atoms with E-state index in [0.29, 0.717) is 26.2 Å². The number of anilines is 1. The van der Waals surface area contributed by atoms with Crippen molar-refractivity contribution < 1.29 is 19.4 Å². The van der Waals surface area contributed by atoms with Crippen LogP contribution in [0.15, 0.2) is 66.7 Å². The summed E-state index contributed by atoms with van der Waals surface area (Å²) in [6, 6.07) is 20.6. The number of hydrogen-bond acceptors (Lipinski definition) is 5. The number of aliphatic hydroxyl groups is 1. The highest BCUT2D eigenvalue weighted by Gasteiger charge is 2.29. The Labute approximate surface area is 193 Å². The van der Waals surface area contributed by atoms with Gasteiger partial charge in [0.2, 0.25) is 11.8 Å². The molecule has 1 atom stereocenters. The number of ether oxygens (including phenoxy) is 1. The molecule has 7 heteroatoms. The first-order valence-corrected chi connectivity index (χ1v) is 11.1. The fraction of sp³-hybridized carbons (Fsp3) is 0.308. The summed E-state index contributed by atoms with van der Waals surface area (Å²) in [5, 5.41) is 14.6. The second kappa shape index (κ2) is 10.4. The van der Waals surface area contributed by atoms with E-state index in [4.69, 9.17) is 4.74 Å². The Morgan fingerprint density at radius 2 is 1.67 bits per heavy atom. The van der Waals surface area contributed by atoms with Crippen molar-refractivity contribution in [1.29, 1.82) is 0 Å². The number of fused-ring (bicyclic) bond motifs is 1. The quantitative estimate of drug-likeness (QED) is 0.581. The van der Waals surface area contributed by atoms with E-state index in [2.05, 4.69) is 10.2 Å². The number of piperazine rings is 1. The second-order valence-electron chi connectivity index (χ2n) is 8.10. The van der Waals surface area contributed by atoms with E-state index in [1.54, 1.807) is 12.0 Å². The zero-order valence-corrected chi connectivity index (χ0v) is 18.7. The van der Waals surface area contributed by atoms with Crippen molar-refractivity contribution in [3.05, 3.63) is 72.3 Å². The van der Waals surface area contributed by atoms with Gasteiger partial charge in [0.15, 0.2) is 0 Å². The zero-order valence-electron chi connectivity index (χ0n) is 18.7. The summed E-state index contributed by atoms with van der Waals surface area (Å²) in [7, 11) is 1.64. The molecule has 7 nitrogen and oxygen atoms in total. The Kier molecular flexibility index (Phi) is 7.10. The zero-order chi connectivity index (χ0) is 23.2. The number of aliphatic hydroxyl groups excluding tert-OH is 1. The first-order chi connectivity index (χ1) is 16.1. The molecule has 0 saturated carbocycles. The predicted molar refractivity (Wildman–Crippen MR) is 128 cm³/mol. The molecular formula is C26H29N3O4. The van der Waals surface area contributed by atoms with Gasteiger partial charge >= 0.3 is 0 Å². The van der Waals surface area contributed by atoms with Crippen LogP contribution < -0.4 is 15.0 Å². The van der Waals surface area contributed by atoms with Crippen molar-refractivity contribution in [3.8, 4) is 5.75 Å². The molecule has 1 fully saturated rings. The van der Waals surface area contributed by atoms with Gasteiger partial charge in [0, 0.05) is 26.2 Å². The lowest BCUT2D eigenvalue weighted by Crippen LogP contribution is -2.56. The van der Waals surface area contributed by atoms with Crippen molar-refractivity contribution in [2.24, 2.45) is 0 Å². The minimum atomic E-state index is -0.953. The number of carbonyl (C=O) groups excluding carboxylic acids is 2. The second-order valence-corrected chi connectivity index (χ2v) is 8.10. The van der Waals surface area contributed by atoms with E-state index in [0.717, 1.165) is 27.8 Å². The molecule has 1 aliphatic heterocycles. The van der Waals surface area contributed by atoms with Gasteiger partial charge in [0.25, 0.3) is 0 Å². The summed E-state index contributed by atoms with van der Waals surface area (Å²) in [6.45, 7) is 1.87. The van der Waals surface area contributed by atoms with Gasteiger partial charge in [-0.05, 0) is 28.5 Å². The largest absolute Gasteiger partial charge is 0.495 e. The molecule has 172 valence electrons. The first kappa shape index (κ1) is 22.6. The third-order valence-corrected chi connectivity index (χ3v) is 6.06. The monoisotopic (exact) mass is 447 g/mol. The highest BCUT2D eigenvalue weighted by molar-refractivity contribution is 5.92. The van der Waals surface area contributed by atoms with Crippen LogP contribution >= 0.6 is 0 Å². The summed E-state index contributed by atoms with van der Waals surface area (Å²) in [4.78, 5) is 29.6. The molecular weight excluding hydrogens is 418 g/mol. The van der Waals surface area contributed by atoms with E-state index in [1.807, 2.05) is 66.7 Å². The van der Waals surface area contributed by atoms with Crippen LogP contribution in [0, 0.1) is 0 Å². The average Bonchev–Trinajstić information content (AvgIpc) is 2.87. The Hall–Kier alpha value is -3.58. The lowest BCUT2D eigenvalue weighted by Gasteiger charge is -2.37. The molecule has 0 aromatic heterocycles. The van der Waals surface area contributed by atoms with Gasteiger partial charge in [-0.2, -0.15) is 0 Å². The number of methoxy groups -OCH3 is 1. The molecule has 33 heavy (non-hydrogen) atoms. The van der Waals surface area contributed by atoms with Crippen LogP contribution in [-0.2, 0) is 16.0 Å². The van der Waals surface area contributed by atoms with Crippen LogP contribution in [-0.4, -0.2) is 67.8 Å². The Bertz CT molecular complexity index is 1120. The fourth-order valence-corrected chi connectivity index (χ4v) is 4.33. The van der Waals surface area contributed by atoms with Crippen molar-refractivity contribution in [3.63, 3.8) is 0 Å². The molecule has 1 heterocycles. The number of nitrogens with one attached hydrogen (secondary N) is 1. The van der Waals surface area contributed by atoms with Gasteiger partial charge in [-0.1, -0.05) is 54.6 Å². The molecule has 4 rings (SSSR count). The predicted octanol–water partition coefficient (Wildman–Crippen LogP) is 2.22. The van der Waals surface area contributed by atoms with E-state index in [9.17, 15) is 14.7 Å². The van der Waals surface area contributed by atoms with E-state index >= 15 is 0 Å². The summed E-state index contributed by atoms with van der Waals surface area (Å²) in [6.07, 6.45) is 0.146. The summed E-state index contributed by atoms with van der Waals surface area (Å²) in [5.41, 5.74) is 1.88. The maximum Gasteiger partial charge on any atom is 0.247 e. The van der Waals surface area contributed by atoms with Gasteiger partial charge in [-0.3, -0.25) is 9.59 Å². The minimum absolute atomic E-state index is 0.146. The molecule has 0 aliphatic carbocycles. The molecule has 0 radical (unpaired) electrons. The highest BCUT2D eigenvalue weighted by Crippen LogP contribution is 2.28. The molecule has 1 aliphatic rings.